The van der Waals surface area contributed by atoms with Crippen LogP contribution in [0.4, 0.5) is 11.4 Å². The van der Waals surface area contributed by atoms with Gasteiger partial charge in [-0.1, -0.05) is 36.4 Å². The molecule has 1 heterocycles. The molecule has 0 radical (unpaired) electrons. The number of rotatable bonds is 5. The Morgan fingerprint density at radius 2 is 2.00 bits per heavy atom. The Morgan fingerprint density at radius 3 is 2.65 bits per heavy atom. The van der Waals surface area contributed by atoms with E-state index in [1.54, 1.807) is 24.7 Å². The van der Waals surface area contributed by atoms with Crippen molar-refractivity contribution in [1.82, 2.24) is 9.55 Å². The van der Waals surface area contributed by atoms with Crippen LogP contribution in [0.15, 0.2) is 67.3 Å². The van der Waals surface area contributed by atoms with Crippen molar-refractivity contribution in [2.24, 2.45) is 0 Å². The second kappa shape index (κ2) is 6.31. The van der Waals surface area contributed by atoms with Crippen molar-refractivity contribution in [3.63, 3.8) is 0 Å². The molecule has 1 aromatic heterocycles. The van der Waals surface area contributed by atoms with Gasteiger partial charge in [-0.2, -0.15) is 0 Å². The number of anilines is 1. The number of imidazole rings is 1. The maximum Gasteiger partial charge on any atom is 0.292 e. The second-order valence-corrected chi connectivity index (χ2v) is 5.29. The van der Waals surface area contributed by atoms with E-state index in [-0.39, 0.29) is 17.4 Å². The molecule has 0 saturated heterocycles. The summed E-state index contributed by atoms with van der Waals surface area (Å²) < 4.78 is 2.00. The van der Waals surface area contributed by atoms with Gasteiger partial charge in [0.25, 0.3) is 5.69 Å². The first kappa shape index (κ1) is 14.8. The van der Waals surface area contributed by atoms with Crippen LogP contribution in [0.25, 0.3) is 0 Å². The van der Waals surface area contributed by atoms with Crippen molar-refractivity contribution in [1.29, 1.82) is 0 Å². The molecule has 0 aliphatic rings. The molecule has 0 amide bonds. The van der Waals surface area contributed by atoms with Gasteiger partial charge in [0.2, 0.25) is 0 Å². The monoisotopic (exact) mass is 308 g/mol. The van der Waals surface area contributed by atoms with Crippen LogP contribution in [0.2, 0.25) is 0 Å². The van der Waals surface area contributed by atoms with Gasteiger partial charge in [-0.25, -0.2) is 4.98 Å². The molecule has 3 aromatic rings. The van der Waals surface area contributed by atoms with E-state index in [1.807, 2.05) is 47.2 Å². The van der Waals surface area contributed by atoms with E-state index in [0.29, 0.717) is 6.42 Å². The highest BCUT2D eigenvalue weighted by atomic mass is 16.6. The molecule has 1 unspecified atom stereocenters. The van der Waals surface area contributed by atoms with E-state index < -0.39 is 4.92 Å². The van der Waals surface area contributed by atoms with Gasteiger partial charge < -0.3 is 10.3 Å². The molecule has 0 fully saturated rings. The number of nitro benzene ring substituents is 1. The third-order valence-electron chi connectivity index (χ3n) is 3.79. The van der Waals surface area contributed by atoms with Gasteiger partial charge in [-0.05, 0) is 23.6 Å². The van der Waals surface area contributed by atoms with Gasteiger partial charge >= 0.3 is 0 Å². The predicted molar refractivity (Wildman–Crippen MR) is 88.0 cm³/mol. The van der Waals surface area contributed by atoms with Gasteiger partial charge in [0.05, 0.1) is 17.3 Å². The zero-order valence-corrected chi connectivity index (χ0v) is 12.4. The Labute approximate surface area is 133 Å². The Morgan fingerprint density at radius 1 is 1.22 bits per heavy atom. The summed E-state index contributed by atoms with van der Waals surface area (Å²) in [5.41, 5.74) is 7.76. The number of hydrogen-bond acceptors (Lipinski definition) is 4. The van der Waals surface area contributed by atoms with Crippen molar-refractivity contribution in [2.75, 3.05) is 5.73 Å². The van der Waals surface area contributed by atoms with Crippen LogP contribution in [-0.4, -0.2) is 14.5 Å². The highest BCUT2D eigenvalue weighted by Gasteiger charge is 2.17. The van der Waals surface area contributed by atoms with Gasteiger partial charge in [0.1, 0.15) is 5.69 Å². The number of nitro groups is 1. The van der Waals surface area contributed by atoms with Crippen LogP contribution in [0.1, 0.15) is 17.2 Å². The Hall–Kier alpha value is -3.15. The van der Waals surface area contributed by atoms with E-state index in [9.17, 15) is 10.1 Å². The van der Waals surface area contributed by atoms with Gasteiger partial charge in [0, 0.05) is 18.5 Å². The average Bonchev–Trinajstić information content (AvgIpc) is 3.08. The number of benzene rings is 2. The summed E-state index contributed by atoms with van der Waals surface area (Å²) in [5, 5.41) is 11.1. The molecule has 6 heteroatoms. The smallest absolute Gasteiger partial charge is 0.292 e. The average molecular weight is 308 g/mol. The first-order chi connectivity index (χ1) is 11.1. The number of hydrogen-bond donors (Lipinski definition) is 1. The Bertz CT molecular complexity index is 801. The third-order valence-corrected chi connectivity index (χ3v) is 3.79. The molecule has 3 rings (SSSR count). The topological polar surface area (TPSA) is 87.0 Å². The molecule has 0 spiro atoms. The van der Waals surface area contributed by atoms with Gasteiger partial charge in [-0.15, -0.1) is 0 Å². The summed E-state index contributed by atoms with van der Waals surface area (Å²) in [7, 11) is 0. The van der Waals surface area contributed by atoms with E-state index in [2.05, 4.69) is 4.98 Å². The van der Waals surface area contributed by atoms with Crippen molar-refractivity contribution in [2.45, 2.75) is 12.5 Å². The standard InChI is InChI=1S/C17H16N4O2/c18-15-7-6-13(11-17(15)21(22)23)10-16(20-9-8-19-12-20)14-4-2-1-3-5-14/h1-9,11-12,16H,10,18H2. The first-order valence-corrected chi connectivity index (χ1v) is 7.20. The predicted octanol–water partition coefficient (Wildman–Crippen LogP) is 3.21. The van der Waals surface area contributed by atoms with Gasteiger partial charge in [-0.3, -0.25) is 10.1 Å². The molecule has 2 N–H and O–H groups in total. The molecule has 0 saturated carbocycles. The summed E-state index contributed by atoms with van der Waals surface area (Å²) >= 11 is 0. The lowest BCUT2D eigenvalue weighted by Gasteiger charge is -2.19. The van der Waals surface area contributed by atoms with Crippen molar-refractivity contribution in [3.8, 4) is 0 Å². The molecule has 0 bridgehead atoms. The van der Waals surface area contributed by atoms with E-state index in [1.165, 1.54) is 0 Å². The molecule has 2 aromatic carbocycles. The van der Waals surface area contributed by atoms with E-state index in [0.717, 1.165) is 11.1 Å². The zero-order valence-electron chi connectivity index (χ0n) is 12.4. The molecule has 0 aliphatic carbocycles. The lowest BCUT2D eigenvalue weighted by atomic mass is 9.98. The molecule has 116 valence electrons. The van der Waals surface area contributed by atoms with Crippen LogP contribution >= 0.6 is 0 Å². The number of aromatic nitrogens is 2. The summed E-state index contributed by atoms with van der Waals surface area (Å²) in [5.74, 6) is 0. The Kier molecular flexibility index (Phi) is 4.05. The third kappa shape index (κ3) is 3.21. The molecule has 6 nitrogen and oxygen atoms in total. The van der Waals surface area contributed by atoms with Crippen LogP contribution in [0.3, 0.4) is 0 Å². The minimum absolute atomic E-state index is 0.0157. The summed E-state index contributed by atoms with van der Waals surface area (Å²) in [4.78, 5) is 14.7. The van der Waals surface area contributed by atoms with Crippen LogP contribution < -0.4 is 5.73 Å². The normalized spacial score (nSPS) is 12.0. The summed E-state index contributed by atoms with van der Waals surface area (Å²) in [6.07, 6.45) is 5.98. The van der Waals surface area contributed by atoms with Crippen molar-refractivity contribution >= 4 is 11.4 Å². The SMILES string of the molecule is Nc1ccc(CC(c2ccccc2)n2ccnc2)cc1[N+](=O)[O-]. The quantitative estimate of drug-likeness (QED) is 0.445. The highest BCUT2D eigenvalue weighted by Crippen LogP contribution is 2.27. The fraction of sp³-hybridized carbons (Fsp3) is 0.118. The van der Waals surface area contributed by atoms with Crippen LogP contribution in [0.5, 0.6) is 0 Å². The maximum absolute atomic E-state index is 11.1. The van der Waals surface area contributed by atoms with Crippen LogP contribution in [-0.2, 0) is 6.42 Å². The first-order valence-electron chi connectivity index (χ1n) is 7.20. The van der Waals surface area contributed by atoms with Crippen LogP contribution in [0, 0.1) is 10.1 Å². The molecule has 23 heavy (non-hydrogen) atoms. The second-order valence-electron chi connectivity index (χ2n) is 5.29. The highest BCUT2D eigenvalue weighted by molar-refractivity contribution is 5.59. The molecule has 0 aliphatic heterocycles. The van der Waals surface area contributed by atoms with E-state index in [4.69, 9.17) is 5.73 Å². The largest absolute Gasteiger partial charge is 0.393 e. The summed E-state index contributed by atoms with van der Waals surface area (Å²) in [6, 6.07) is 15.0. The van der Waals surface area contributed by atoms with Crippen molar-refractivity contribution in [3.05, 3.63) is 88.5 Å². The maximum atomic E-state index is 11.1. The molecular formula is C17H16N4O2. The fourth-order valence-electron chi connectivity index (χ4n) is 2.62. The minimum Gasteiger partial charge on any atom is -0.393 e. The molecule has 1 atom stereocenters. The van der Waals surface area contributed by atoms with Gasteiger partial charge in [0.15, 0.2) is 0 Å². The number of nitrogens with two attached hydrogens (primary N) is 1. The number of nitrogen functional groups attached to an aromatic ring is 1. The lowest BCUT2D eigenvalue weighted by Crippen LogP contribution is -2.12. The zero-order chi connectivity index (χ0) is 16.2. The summed E-state index contributed by atoms with van der Waals surface area (Å²) in [6.45, 7) is 0. The van der Waals surface area contributed by atoms with Crippen molar-refractivity contribution < 1.29 is 4.92 Å². The molecular weight excluding hydrogens is 292 g/mol. The van der Waals surface area contributed by atoms with E-state index >= 15 is 0 Å². The lowest BCUT2D eigenvalue weighted by molar-refractivity contribution is -0.384. The Balaban J connectivity index is 1.97. The number of nitrogens with zero attached hydrogens (tertiary/aromatic N) is 3. The minimum atomic E-state index is -0.451. The fourth-order valence-corrected chi connectivity index (χ4v) is 2.62.